The van der Waals surface area contributed by atoms with Crippen LogP contribution in [0, 0.1) is 5.92 Å². The molecule has 0 bridgehead atoms. The van der Waals surface area contributed by atoms with E-state index in [-0.39, 0.29) is 49.7 Å². The first kappa shape index (κ1) is 32.4. The number of aliphatic carboxylic acids is 1. The van der Waals surface area contributed by atoms with Gasteiger partial charge in [-0.15, -0.1) is 0 Å². The predicted octanol–water partition coefficient (Wildman–Crippen LogP) is -2.49. The van der Waals surface area contributed by atoms with Gasteiger partial charge in [0.15, 0.2) is 11.9 Å². The van der Waals surface area contributed by atoms with Gasteiger partial charge in [0.1, 0.15) is 18.1 Å². The van der Waals surface area contributed by atoms with Crippen molar-refractivity contribution in [3.63, 3.8) is 0 Å². The third kappa shape index (κ3) is 11.6. The summed E-state index contributed by atoms with van der Waals surface area (Å²) in [5.74, 6) is -2.74. The van der Waals surface area contributed by atoms with Crippen molar-refractivity contribution in [3.8, 4) is 0 Å². The number of likely N-dealkylation sites (tertiary alicyclic amines) is 1. The summed E-state index contributed by atoms with van der Waals surface area (Å²) in [6.45, 7) is 4.71. The third-order valence-electron chi connectivity index (χ3n) is 6.02. The standard InChI is InChI=1S/C23H44N10O5/c1-13(2)12-14(24)20(36)33-11-5-8-17(33)19(35)31-15(6-3-9-29-22(25)26)18(34)32-16(21(37)38)7-4-10-30-23(27)28/h13-17H,3-12,24H2,1-2H3,(H,31,35)(H,32,34)(H,37,38)(H4,25,26,29)(H4,27,28,30). The fourth-order valence-electron chi connectivity index (χ4n) is 4.20. The first-order chi connectivity index (χ1) is 17.8. The highest BCUT2D eigenvalue weighted by Gasteiger charge is 2.38. The lowest BCUT2D eigenvalue weighted by Crippen LogP contribution is -2.56. The van der Waals surface area contributed by atoms with Crippen molar-refractivity contribution in [2.75, 3.05) is 19.6 Å². The van der Waals surface area contributed by atoms with E-state index in [2.05, 4.69) is 20.6 Å². The summed E-state index contributed by atoms with van der Waals surface area (Å²) in [7, 11) is 0. The van der Waals surface area contributed by atoms with E-state index in [1.165, 1.54) is 4.90 Å². The Morgan fingerprint density at radius 2 is 1.50 bits per heavy atom. The predicted molar refractivity (Wildman–Crippen MR) is 143 cm³/mol. The van der Waals surface area contributed by atoms with E-state index in [0.29, 0.717) is 38.6 Å². The molecule has 0 radical (unpaired) electrons. The molecule has 15 nitrogen and oxygen atoms in total. The molecule has 1 aliphatic rings. The van der Waals surface area contributed by atoms with E-state index in [1.807, 2.05) is 13.8 Å². The van der Waals surface area contributed by atoms with Gasteiger partial charge >= 0.3 is 5.97 Å². The van der Waals surface area contributed by atoms with Crippen LogP contribution in [-0.4, -0.2) is 89.4 Å². The number of hydrogen-bond acceptors (Lipinski definition) is 7. The maximum Gasteiger partial charge on any atom is 0.326 e. The Balaban J connectivity index is 2.95. The Bertz CT molecular complexity index is 871. The molecule has 216 valence electrons. The number of nitrogens with zero attached hydrogens (tertiary/aromatic N) is 3. The molecule has 0 aromatic rings. The molecule has 0 aliphatic carbocycles. The van der Waals surface area contributed by atoms with Gasteiger partial charge in [0, 0.05) is 19.6 Å². The van der Waals surface area contributed by atoms with Gasteiger partial charge < -0.3 is 49.3 Å². The van der Waals surface area contributed by atoms with Crippen LogP contribution in [0.3, 0.4) is 0 Å². The number of carboxylic acids is 1. The van der Waals surface area contributed by atoms with Crippen molar-refractivity contribution in [2.45, 2.75) is 83.0 Å². The first-order valence-electron chi connectivity index (χ1n) is 12.8. The maximum atomic E-state index is 13.2. The Morgan fingerprint density at radius 1 is 0.947 bits per heavy atom. The highest BCUT2D eigenvalue weighted by atomic mass is 16.4. The zero-order valence-corrected chi connectivity index (χ0v) is 22.3. The van der Waals surface area contributed by atoms with E-state index in [1.54, 1.807) is 0 Å². The molecule has 0 saturated carbocycles. The molecule has 3 amide bonds. The highest BCUT2D eigenvalue weighted by Crippen LogP contribution is 2.20. The fourth-order valence-corrected chi connectivity index (χ4v) is 4.20. The average molecular weight is 541 g/mol. The van der Waals surface area contributed by atoms with Crippen LogP contribution in [0.5, 0.6) is 0 Å². The highest BCUT2D eigenvalue weighted by molar-refractivity contribution is 5.94. The Morgan fingerprint density at radius 3 is 2.00 bits per heavy atom. The van der Waals surface area contributed by atoms with Crippen molar-refractivity contribution in [1.82, 2.24) is 15.5 Å². The topological polar surface area (TPSA) is 271 Å². The van der Waals surface area contributed by atoms with Gasteiger partial charge in [-0.1, -0.05) is 13.8 Å². The SMILES string of the molecule is CC(C)CC(N)C(=O)N1CCCC1C(=O)NC(CCCN=C(N)N)C(=O)NC(CCCN=C(N)N)C(=O)O. The number of nitrogens with one attached hydrogen (secondary N) is 2. The minimum atomic E-state index is -1.24. The average Bonchev–Trinajstić information content (AvgIpc) is 3.31. The number of hydrogen-bond donors (Lipinski definition) is 8. The van der Waals surface area contributed by atoms with Crippen molar-refractivity contribution < 1.29 is 24.3 Å². The van der Waals surface area contributed by atoms with E-state index < -0.39 is 42.0 Å². The molecular formula is C23H44N10O5. The summed E-state index contributed by atoms with van der Waals surface area (Å²) in [4.78, 5) is 60.0. The van der Waals surface area contributed by atoms with Gasteiger partial charge in [0.2, 0.25) is 17.7 Å². The number of nitrogens with two attached hydrogens (primary N) is 5. The fraction of sp³-hybridized carbons (Fsp3) is 0.739. The van der Waals surface area contributed by atoms with Crippen LogP contribution in [-0.2, 0) is 19.2 Å². The quantitative estimate of drug-likeness (QED) is 0.0579. The summed E-state index contributed by atoms with van der Waals surface area (Å²) in [5, 5.41) is 14.7. The second-order valence-corrected chi connectivity index (χ2v) is 9.78. The summed E-state index contributed by atoms with van der Waals surface area (Å²) in [6.07, 6.45) is 2.40. The molecule has 13 N–H and O–H groups in total. The minimum Gasteiger partial charge on any atom is -0.480 e. The Labute approximate surface area is 223 Å². The van der Waals surface area contributed by atoms with Gasteiger partial charge in [0.05, 0.1) is 6.04 Å². The van der Waals surface area contributed by atoms with Crippen molar-refractivity contribution >= 4 is 35.6 Å². The van der Waals surface area contributed by atoms with Crippen LogP contribution in [0.1, 0.15) is 58.8 Å². The molecule has 4 unspecified atom stereocenters. The number of carbonyl (C=O) groups is 4. The van der Waals surface area contributed by atoms with Crippen molar-refractivity contribution in [3.05, 3.63) is 0 Å². The Hall–Kier alpha value is -3.62. The first-order valence-corrected chi connectivity index (χ1v) is 12.8. The summed E-state index contributed by atoms with van der Waals surface area (Å²) in [5.41, 5.74) is 27.3. The lowest BCUT2D eigenvalue weighted by Gasteiger charge is -2.29. The van der Waals surface area contributed by atoms with Crippen LogP contribution in [0.2, 0.25) is 0 Å². The van der Waals surface area contributed by atoms with Crippen LogP contribution in [0.15, 0.2) is 9.98 Å². The van der Waals surface area contributed by atoms with Crippen molar-refractivity contribution in [1.29, 1.82) is 0 Å². The zero-order valence-electron chi connectivity index (χ0n) is 22.3. The van der Waals surface area contributed by atoms with E-state index in [4.69, 9.17) is 28.7 Å². The van der Waals surface area contributed by atoms with E-state index >= 15 is 0 Å². The normalized spacial score (nSPS) is 17.3. The molecular weight excluding hydrogens is 496 g/mol. The largest absolute Gasteiger partial charge is 0.480 e. The number of rotatable bonds is 16. The molecule has 1 saturated heterocycles. The number of carboxylic acid groups (broad SMARTS) is 1. The lowest BCUT2D eigenvalue weighted by atomic mass is 10.0. The summed E-state index contributed by atoms with van der Waals surface area (Å²) < 4.78 is 0. The smallest absolute Gasteiger partial charge is 0.326 e. The second-order valence-electron chi connectivity index (χ2n) is 9.78. The van der Waals surface area contributed by atoms with Crippen molar-refractivity contribution in [2.24, 2.45) is 44.6 Å². The van der Waals surface area contributed by atoms with Gasteiger partial charge in [-0.2, -0.15) is 0 Å². The number of guanidine groups is 2. The van der Waals surface area contributed by atoms with Crippen LogP contribution in [0.4, 0.5) is 0 Å². The summed E-state index contributed by atoms with van der Waals surface area (Å²) >= 11 is 0. The molecule has 4 atom stereocenters. The van der Waals surface area contributed by atoms with E-state index in [0.717, 1.165) is 0 Å². The number of aliphatic imine (C=N–C) groups is 2. The molecule has 1 heterocycles. The van der Waals surface area contributed by atoms with E-state index in [9.17, 15) is 24.3 Å². The number of carbonyl (C=O) groups excluding carboxylic acids is 3. The Kier molecular flexibility index (Phi) is 13.9. The molecule has 0 spiro atoms. The monoisotopic (exact) mass is 540 g/mol. The zero-order chi connectivity index (χ0) is 28.8. The molecule has 1 rings (SSSR count). The molecule has 0 aromatic heterocycles. The maximum absolute atomic E-state index is 13.2. The van der Waals surface area contributed by atoms with Gasteiger partial charge in [-0.3, -0.25) is 24.4 Å². The number of amides is 3. The molecule has 1 fully saturated rings. The van der Waals surface area contributed by atoms with Gasteiger partial charge in [0.25, 0.3) is 0 Å². The van der Waals surface area contributed by atoms with Gasteiger partial charge in [-0.05, 0) is 50.9 Å². The molecule has 0 aromatic carbocycles. The third-order valence-corrected chi connectivity index (χ3v) is 6.02. The molecule has 38 heavy (non-hydrogen) atoms. The second kappa shape index (κ2) is 16.3. The lowest BCUT2D eigenvalue weighted by molar-refractivity contribution is -0.143. The summed E-state index contributed by atoms with van der Waals surface area (Å²) in [6, 6.07) is -3.79. The minimum absolute atomic E-state index is 0.0746. The molecule has 15 heteroatoms. The molecule has 1 aliphatic heterocycles. The van der Waals surface area contributed by atoms with Crippen LogP contribution < -0.4 is 39.3 Å². The van der Waals surface area contributed by atoms with Gasteiger partial charge in [-0.25, -0.2) is 4.79 Å². The van der Waals surface area contributed by atoms with Crippen LogP contribution in [0.25, 0.3) is 0 Å². The van der Waals surface area contributed by atoms with Crippen LogP contribution >= 0.6 is 0 Å².